The van der Waals surface area contributed by atoms with E-state index in [1.54, 1.807) is 0 Å². The Hall–Kier alpha value is -2.91. The molecule has 18 heavy (non-hydrogen) atoms. The molecule has 0 aliphatic heterocycles. The summed E-state index contributed by atoms with van der Waals surface area (Å²) in [5, 5.41) is 12.9. The normalized spacial score (nSPS) is 10.2. The van der Waals surface area contributed by atoms with Crippen LogP contribution >= 0.6 is 0 Å². The van der Waals surface area contributed by atoms with Crippen molar-refractivity contribution in [3.8, 4) is 0 Å². The number of amides is 2. The molecule has 0 fully saturated rings. The van der Waals surface area contributed by atoms with Gasteiger partial charge in [-0.05, 0) is 10.3 Å². The number of rotatable bonds is 4. The van der Waals surface area contributed by atoms with Gasteiger partial charge in [0.2, 0.25) is 17.4 Å². The van der Waals surface area contributed by atoms with Crippen molar-refractivity contribution in [3.63, 3.8) is 0 Å². The molecule has 0 aliphatic carbocycles. The lowest BCUT2D eigenvalue weighted by Gasteiger charge is -1.98. The lowest BCUT2D eigenvalue weighted by Crippen LogP contribution is -2.18. The highest BCUT2D eigenvalue weighted by molar-refractivity contribution is 6.05. The van der Waals surface area contributed by atoms with Crippen LogP contribution in [0.4, 0.5) is 11.5 Å². The standard InChI is InChI=1S/C8H9N7O3/c9-5(16)3-15-2-4(1-11-15)12-8(17)6-7(10)14-18-13-6/h1-2H,3H2,(H2,9,16)(H2,10,14)(H,12,17). The van der Waals surface area contributed by atoms with E-state index in [1.807, 2.05) is 0 Å². The minimum atomic E-state index is -0.590. The van der Waals surface area contributed by atoms with Gasteiger partial charge in [-0.3, -0.25) is 14.3 Å². The topological polar surface area (TPSA) is 155 Å². The molecule has 0 radical (unpaired) electrons. The molecule has 2 aromatic heterocycles. The van der Waals surface area contributed by atoms with E-state index in [9.17, 15) is 9.59 Å². The van der Waals surface area contributed by atoms with Gasteiger partial charge in [-0.1, -0.05) is 0 Å². The maximum Gasteiger partial charge on any atom is 0.281 e. The van der Waals surface area contributed by atoms with Gasteiger partial charge in [0.1, 0.15) is 6.54 Å². The molecule has 2 aromatic rings. The molecule has 2 heterocycles. The van der Waals surface area contributed by atoms with Crippen LogP contribution in [0.25, 0.3) is 0 Å². The highest BCUT2D eigenvalue weighted by atomic mass is 16.6. The number of hydrogen-bond acceptors (Lipinski definition) is 7. The average molecular weight is 251 g/mol. The van der Waals surface area contributed by atoms with Crippen molar-refractivity contribution in [1.82, 2.24) is 20.1 Å². The summed E-state index contributed by atoms with van der Waals surface area (Å²) in [6, 6.07) is 0. The second kappa shape index (κ2) is 4.53. The number of anilines is 2. The first kappa shape index (κ1) is 11.6. The van der Waals surface area contributed by atoms with Crippen LogP contribution in [0.2, 0.25) is 0 Å². The second-order valence-electron chi connectivity index (χ2n) is 3.35. The summed E-state index contributed by atoms with van der Waals surface area (Å²) >= 11 is 0. The number of nitrogens with one attached hydrogen (secondary N) is 1. The average Bonchev–Trinajstić information content (AvgIpc) is 2.87. The van der Waals surface area contributed by atoms with Crippen molar-refractivity contribution < 1.29 is 14.2 Å². The molecule has 0 saturated heterocycles. The number of carbonyl (C=O) groups excluding carboxylic acids is 2. The zero-order valence-electron chi connectivity index (χ0n) is 9.03. The number of primary amides is 1. The molecule has 0 aliphatic rings. The van der Waals surface area contributed by atoms with E-state index in [1.165, 1.54) is 17.1 Å². The molecule has 5 N–H and O–H groups in total. The minimum absolute atomic E-state index is 0.0798. The zero-order chi connectivity index (χ0) is 13.1. The summed E-state index contributed by atoms with van der Waals surface area (Å²) in [7, 11) is 0. The number of nitrogens with zero attached hydrogens (tertiary/aromatic N) is 4. The van der Waals surface area contributed by atoms with Gasteiger partial charge in [-0.25, -0.2) is 4.63 Å². The van der Waals surface area contributed by atoms with Crippen LogP contribution in [-0.4, -0.2) is 31.9 Å². The molecule has 2 amide bonds. The highest BCUT2D eigenvalue weighted by Gasteiger charge is 2.16. The predicted molar refractivity (Wildman–Crippen MR) is 58.1 cm³/mol. The molecule has 10 heteroatoms. The van der Waals surface area contributed by atoms with Crippen LogP contribution in [0.1, 0.15) is 10.5 Å². The van der Waals surface area contributed by atoms with Crippen molar-refractivity contribution in [2.45, 2.75) is 6.54 Å². The Kier molecular flexibility index (Phi) is 2.91. The number of nitrogen functional groups attached to an aromatic ring is 1. The lowest BCUT2D eigenvalue weighted by atomic mass is 10.4. The number of aromatic nitrogens is 4. The Morgan fingerprint density at radius 1 is 1.44 bits per heavy atom. The van der Waals surface area contributed by atoms with Crippen LogP contribution in [0, 0.1) is 0 Å². The number of carbonyl (C=O) groups is 2. The Morgan fingerprint density at radius 2 is 2.22 bits per heavy atom. The summed E-state index contributed by atoms with van der Waals surface area (Å²) in [6.07, 6.45) is 2.79. The van der Waals surface area contributed by atoms with Crippen molar-refractivity contribution >= 4 is 23.3 Å². The first-order chi connectivity index (χ1) is 8.56. The molecule has 0 atom stereocenters. The second-order valence-corrected chi connectivity index (χ2v) is 3.35. The smallest absolute Gasteiger partial charge is 0.281 e. The van der Waals surface area contributed by atoms with Crippen molar-refractivity contribution in [3.05, 3.63) is 18.1 Å². The summed E-state index contributed by atoms with van der Waals surface area (Å²) in [6.45, 7) is -0.0798. The molecule has 0 saturated carbocycles. The van der Waals surface area contributed by atoms with Crippen LogP contribution in [0.15, 0.2) is 17.0 Å². The predicted octanol–water partition coefficient (Wildman–Crippen LogP) is -1.41. The number of nitrogens with two attached hydrogens (primary N) is 2. The van der Waals surface area contributed by atoms with Crippen molar-refractivity contribution in [2.24, 2.45) is 5.73 Å². The molecule has 0 unspecified atom stereocenters. The maximum atomic E-state index is 11.6. The van der Waals surface area contributed by atoms with Gasteiger partial charge in [-0.15, -0.1) is 0 Å². The fourth-order valence-corrected chi connectivity index (χ4v) is 1.22. The molecule has 0 aromatic carbocycles. The lowest BCUT2D eigenvalue weighted by molar-refractivity contribution is -0.118. The Labute approximate surface area is 99.9 Å². The van der Waals surface area contributed by atoms with E-state index in [4.69, 9.17) is 11.5 Å². The zero-order valence-corrected chi connectivity index (χ0v) is 9.03. The first-order valence-electron chi connectivity index (χ1n) is 4.76. The van der Waals surface area contributed by atoms with E-state index in [0.717, 1.165) is 0 Å². The van der Waals surface area contributed by atoms with E-state index >= 15 is 0 Å². The molecule has 94 valence electrons. The van der Waals surface area contributed by atoms with Gasteiger partial charge in [0.25, 0.3) is 5.91 Å². The third-order valence-electron chi connectivity index (χ3n) is 1.94. The van der Waals surface area contributed by atoms with E-state index in [-0.39, 0.29) is 18.1 Å². The molecule has 0 spiro atoms. The van der Waals surface area contributed by atoms with Gasteiger partial charge in [-0.2, -0.15) is 5.10 Å². The number of hydrogen-bond donors (Lipinski definition) is 3. The molecule has 0 bridgehead atoms. The summed E-state index contributed by atoms with van der Waals surface area (Å²) in [4.78, 5) is 22.3. The van der Waals surface area contributed by atoms with E-state index in [0.29, 0.717) is 5.69 Å². The van der Waals surface area contributed by atoms with Crippen molar-refractivity contribution in [1.29, 1.82) is 0 Å². The SMILES string of the molecule is NC(=O)Cn1cc(NC(=O)c2nonc2N)cn1. The third-order valence-corrected chi connectivity index (χ3v) is 1.94. The fourth-order valence-electron chi connectivity index (χ4n) is 1.22. The fraction of sp³-hybridized carbons (Fsp3) is 0.125. The highest BCUT2D eigenvalue weighted by Crippen LogP contribution is 2.10. The maximum absolute atomic E-state index is 11.6. The summed E-state index contributed by atoms with van der Waals surface area (Å²) in [5.41, 5.74) is 10.6. The van der Waals surface area contributed by atoms with Gasteiger partial charge < -0.3 is 16.8 Å². The molecular formula is C8H9N7O3. The Bertz CT molecular complexity index is 587. The minimum Gasteiger partial charge on any atom is -0.379 e. The largest absolute Gasteiger partial charge is 0.379 e. The van der Waals surface area contributed by atoms with Gasteiger partial charge >= 0.3 is 0 Å². The van der Waals surface area contributed by atoms with Gasteiger partial charge in [0.15, 0.2) is 0 Å². The molecule has 2 rings (SSSR count). The van der Waals surface area contributed by atoms with Crippen molar-refractivity contribution in [2.75, 3.05) is 11.1 Å². The van der Waals surface area contributed by atoms with E-state index in [2.05, 4.69) is 25.4 Å². The third kappa shape index (κ3) is 2.42. The van der Waals surface area contributed by atoms with Crippen LogP contribution in [-0.2, 0) is 11.3 Å². The Balaban J connectivity index is 2.06. The van der Waals surface area contributed by atoms with Gasteiger partial charge in [0.05, 0.1) is 11.9 Å². The molecular weight excluding hydrogens is 242 g/mol. The summed E-state index contributed by atoms with van der Waals surface area (Å²) in [5.74, 6) is -1.25. The summed E-state index contributed by atoms with van der Waals surface area (Å²) < 4.78 is 5.57. The first-order valence-corrected chi connectivity index (χ1v) is 4.76. The quantitative estimate of drug-likeness (QED) is 0.602. The monoisotopic (exact) mass is 251 g/mol. The van der Waals surface area contributed by atoms with Crippen LogP contribution in [0.3, 0.4) is 0 Å². The molecule has 10 nitrogen and oxygen atoms in total. The van der Waals surface area contributed by atoms with Gasteiger partial charge in [0, 0.05) is 6.20 Å². The van der Waals surface area contributed by atoms with Crippen LogP contribution < -0.4 is 16.8 Å². The van der Waals surface area contributed by atoms with Crippen LogP contribution in [0.5, 0.6) is 0 Å². The van der Waals surface area contributed by atoms with E-state index < -0.39 is 11.8 Å². The Morgan fingerprint density at radius 3 is 2.83 bits per heavy atom.